The molecule has 0 saturated heterocycles. The molecule has 0 aliphatic carbocycles. The van der Waals surface area contributed by atoms with Crippen LogP contribution in [-0.2, 0) is 6.42 Å². The first-order valence-corrected chi connectivity index (χ1v) is 7.56. The Balaban J connectivity index is 2.11. The fourth-order valence-electron chi connectivity index (χ4n) is 1.73. The van der Waals surface area contributed by atoms with Crippen LogP contribution in [0.1, 0.15) is 40.8 Å². The molecule has 0 aliphatic rings. The number of carbonyl (C=O) groups is 1. The molecule has 0 bridgehead atoms. The number of aromatic nitrogens is 2. The zero-order chi connectivity index (χ0) is 13.8. The SMILES string of the molecule is CCc1nnsc1C(=O)N[C@@H](C)c1cccc(Br)c1. The summed E-state index contributed by atoms with van der Waals surface area (Å²) in [5.74, 6) is -0.112. The van der Waals surface area contributed by atoms with E-state index in [0.29, 0.717) is 11.3 Å². The van der Waals surface area contributed by atoms with E-state index in [0.717, 1.165) is 27.3 Å². The van der Waals surface area contributed by atoms with Crippen molar-refractivity contribution in [2.24, 2.45) is 0 Å². The lowest BCUT2D eigenvalue weighted by molar-refractivity contribution is 0.0943. The summed E-state index contributed by atoms with van der Waals surface area (Å²) >= 11 is 4.57. The fraction of sp³-hybridized carbons (Fsp3) is 0.308. The van der Waals surface area contributed by atoms with Crippen molar-refractivity contribution < 1.29 is 4.79 Å². The van der Waals surface area contributed by atoms with Crippen LogP contribution in [0.15, 0.2) is 28.7 Å². The molecule has 0 unspecified atom stereocenters. The Morgan fingerprint density at radius 1 is 1.53 bits per heavy atom. The smallest absolute Gasteiger partial charge is 0.265 e. The maximum Gasteiger partial charge on any atom is 0.265 e. The molecule has 1 aromatic carbocycles. The minimum Gasteiger partial charge on any atom is -0.345 e. The maximum atomic E-state index is 12.2. The molecule has 0 saturated carbocycles. The first-order valence-electron chi connectivity index (χ1n) is 5.99. The molecule has 1 heterocycles. The number of amides is 1. The van der Waals surface area contributed by atoms with Crippen LogP contribution < -0.4 is 5.32 Å². The van der Waals surface area contributed by atoms with Crippen LogP contribution in [0.5, 0.6) is 0 Å². The summed E-state index contributed by atoms with van der Waals surface area (Å²) in [6.07, 6.45) is 0.713. The van der Waals surface area contributed by atoms with E-state index < -0.39 is 0 Å². The van der Waals surface area contributed by atoms with Crippen molar-refractivity contribution in [2.45, 2.75) is 26.3 Å². The summed E-state index contributed by atoms with van der Waals surface area (Å²) in [5, 5.41) is 6.92. The number of nitrogens with zero attached hydrogens (tertiary/aromatic N) is 2. The van der Waals surface area contributed by atoms with Crippen LogP contribution in [0.25, 0.3) is 0 Å². The monoisotopic (exact) mass is 339 g/mol. The average Bonchev–Trinajstić information content (AvgIpc) is 2.87. The van der Waals surface area contributed by atoms with Gasteiger partial charge in [0.25, 0.3) is 5.91 Å². The Bertz CT molecular complexity index is 585. The molecule has 1 atom stereocenters. The summed E-state index contributed by atoms with van der Waals surface area (Å²) < 4.78 is 4.83. The van der Waals surface area contributed by atoms with Crippen LogP contribution >= 0.6 is 27.5 Å². The van der Waals surface area contributed by atoms with Gasteiger partial charge in [-0.05, 0) is 42.6 Å². The van der Waals surface area contributed by atoms with Crippen LogP contribution in [0.3, 0.4) is 0 Å². The third-order valence-corrected chi connectivity index (χ3v) is 4.05. The van der Waals surface area contributed by atoms with Gasteiger partial charge in [0.05, 0.1) is 11.7 Å². The van der Waals surface area contributed by atoms with Crippen LogP contribution in [0.2, 0.25) is 0 Å². The Morgan fingerprint density at radius 3 is 3.00 bits per heavy atom. The van der Waals surface area contributed by atoms with Gasteiger partial charge in [-0.2, -0.15) is 0 Å². The van der Waals surface area contributed by atoms with Gasteiger partial charge < -0.3 is 5.32 Å². The van der Waals surface area contributed by atoms with Crippen molar-refractivity contribution in [3.8, 4) is 0 Å². The molecule has 0 fully saturated rings. The number of hydrogen-bond acceptors (Lipinski definition) is 4. The van der Waals surface area contributed by atoms with E-state index in [1.807, 2.05) is 38.1 Å². The second-order valence-electron chi connectivity index (χ2n) is 4.15. The zero-order valence-electron chi connectivity index (χ0n) is 10.7. The normalized spacial score (nSPS) is 12.2. The molecular weight excluding hydrogens is 326 g/mol. The van der Waals surface area contributed by atoms with Crippen molar-refractivity contribution >= 4 is 33.4 Å². The van der Waals surface area contributed by atoms with Crippen molar-refractivity contribution in [1.29, 1.82) is 0 Å². The number of benzene rings is 1. The molecule has 2 aromatic rings. The minimum atomic E-state index is -0.112. The lowest BCUT2D eigenvalue weighted by atomic mass is 10.1. The number of hydrogen-bond donors (Lipinski definition) is 1. The molecular formula is C13H14BrN3OS. The average molecular weight is 340 g/mol. The topological polar surface area (TPSA) is 54.9 Å². The molecule has 0 aliphatic heterocycles. The third kappa shape index (κ3) is 3.39. The fourth-order valence-corrected chi connectivity index (χ4v) is 2.80. The number of carbonyl (C=O) groups excluding carboxylic acids is 1. The quantitative estimate of drug-likeness (QED) is 0.929. The molecule has 6 heteroatoms. The van der Waals surface area contributed by atoms with Crippen LogP contribution in [-0.4, -0.2) is 15.5 Å². The maximum absolute atomic E-state index is 12.2. The van der Waals surface area contributed by atoms with E-state index in [9.17, 15) is 4.79 Å². The van der Waals surface area contributed by atoms with Crippen molar-refractivity contribution in [3.05, 3.63) is 44.9 Å². The molecule has 1 amide bonds. The van der Waals surface area contributed by atoms with E-state index in [4.69, 9.17) is 0 Å². The number of aryl methyl sites for hydroxylation is 1. The molecule has 4 nitrogen and oxygen atoms in total. The highest BCUT2D eigenvalue weighted by molar-refractivity contribution is 9.10. The van der Waals surface area contributed by atoms with Gasteiger partial charge in [-0.1, -0.05) is 39.5 Å². The molecule has 0 radical (unpaired) electrons. The van der Waals surface area contributed by atoms with Gasteiger partial charge in [0.2, 0.25) is 0 Å². The van der Waals surface area contributed by atoms with Gasteiger partial charge in [-0.3, -0.25) is 4.79 Å². The Kier molecular flexibility index (Phi) is 4.66. The van der Waals surface area contributed by atoms with Crippen molar-refractivity contribution in [3.63, 3.8) is 0 Å². The third-order valence-electron chi connectivity index (χ3n) is 2.79. The second-order valence-corrected chi connectivity index (χ2v) is 5.82. The molecule has 0 spiro atoms. The van der Waals surface area contributed by atoms with Crippen LogP contribution in [0.4, 0.5) is 0 Å². The first kappa shape index (κ1) is 14.1. The van der Waals surface area contributed by atoms with Gasteiger partial charge in [-0.25, -0.2) is 0 Å². The molecule has 1 aromatic heterocycles. The van der Waals surface area contributed by atoms with Crippen molar-refractivity contribution in [1.82, 2.24) is 14.9 Å². The Hall–Kier alpha value is -1.27. The first-order chi connectivity index (χ1) is 9.11. The van der Waals surface area contributed by atoms with E-state index in [1.54, 1.807) is 0 Å². The highest BCUT2D eigenvalue weighted by atomic mass is 79.9. The Labute approximate surface area is 124 Å². The van der Waals surface area contributed by atoms with E-state index in [2.05, 4.69) is 30.8 Å². The van der Waals surface area contributed by atoms with Crippen molar-refractivity contribution in [2.75, 3.05) is 0 Å². The molecule has 1 N–H and O–H groups in total. The van der Waals surface area contributed by atoms with E-state index in [-0.39, 0.29) is 11.9 Å². The summed E-state index contributed by atoms with van der Waals surface area (Å²) in [7, 11) is 0. The van der Waals surface area contributed by atoms with Gasteiger partial charge in [0, 0.05) is 4.47 Å². The van der Waals surface area contributed by atoms with Gasteiger partial charge in [-0.15, -0.1) is 5.10 Å². The second kappa shape index (κ2) is 6.25. The highest BCUT2D eigenvalue weighted by Gasteiger charge is 2.17. The van der Waals surface area contributed by atoms with Gasteiger partial charge in [0.1, 0.15) is 4.88 Å². The van der Waals surface area contributed by atoms with E-state index >= 15 is 0 Å². The zero-order valence-corrected chi connectivity index (χ0v) is 13.1. The summed E-state index contributed by atoms with van der Waals surface area (Å²) in [5.41, 5.74) is 1.81. The summed E-state index contributed by atoms with van der Waals surface area (Å²) in [6, 6.07) is 7.84. The van der Waals surface area contributed by atoms with E-state index in [1.165, 1.54) is 0 Å². The lowest BCUT2D eigenvalue weighted by Crippen LogP contribution is -2.26. The van der Waals surface area contributed by atoms with Gasteiger partial charge >= 0.3 is 0 Å². The summed E-state index contributed by atoms with van der Waals surface area (Å²) in [4.78, 5) is 12.8. The number of nitrogens with one attached hydrogen (secondary N) is 1. The number of halogens is 1. The standard InChI is InChI=1S/C13H14BrN3OS/c1-3-11-12(19-17-16-11)13(18)15-8(2)9-5-4-6-10(14)7-9/h4-8H,3H2,1-2H3,(H,15,18)/t8-/m0/s1. The summed E-state index contributed by atoms with van der Waals surface area (Å²) in [6.45, 7) is 3.92. The molecule has 2 rings (SSSR count). The van der Waals surface area contributed by atoms with Gasteiger partial charge in [0.15, 0.2) is 0 Å². The highest BCUT2D eigenvalue weighted by Crippen LogP contribution is 2.19. The molecule has 19 heavy (non-hydrogen) atoms. The minimum absolute atomic E-state index is 0.0585. The largest absolute Gasteiger partial charge is 0.345 e. The lowest BCUT2D eigenvalue weighted by Gasteiger charge is -2.14. The van der Waals surface area contributed by atoms with Crippen LogP contribution in [0, 0.1) is 0 Å². The predicted octanol–water partition coefficient (Wildman–Crippen LogP) is 3.35. The number of rotatable bonds is 4. The Morgan fingerprint density at radius 2 is 2.32 bits per heavy atom. The predicted molar refractivity (Wildman–Crippen MR) is 79.3 cm³/mol. The molecule has 100 valence electrons.